The summed E-state index contributed by atoms with van der Waals surface area (Å²) in [5.41, 5.74) is 5.01. The van der Waals surface area contributed by atoms with Crippen LogP contribution in [0.4, 0.5) is 4.39 Å². The molecule has 24 heavy (non-hydrogen) atoms. The first kappa shape index (κ1) is 15.4. The molecule has 120 valence electrons. The van der Waals surface area contributed by atoms with Crippen LogP contribution in [0.1, 0.15) is 20.9 Å². The Morgan fingerprint density at radius 2 is 1.75 bits per heavy atom. The van der Waals surface area contributed by atoms with E-state index in [4.69, 9.17) is 4.42 Å². The first-order chi connectivity index (χ1) is 11.6. The zero-order valence-electron chi connectivity index (χ0n) is 12.3. The molecule has 0 aliphatic rings. The number of nitrogens with one attached hydrogen (secondary N) is 2. The van der Waals surface area contributed by atoms with Crippen LogP contribution >= 0.6 is 0 Å². The lowest BCUT2D eigenvalue weighted by Crippen LogP contribution is -2.41. The SMILES string of the molecule is O=C(NNC(=O)c1ccc(-c2ccccc2F)o1)c1cccnc1. The fourth-order valence-electron chi connectivity index (χ4n) is 2.01. The Morgan fingerprint density at radius 1 is 0.958 bits per heavy atom. The summed E-state index contributed by atoms with van der Waals surface area (Å²) in [7, 11) is 0. The third-order valence-corrected chi connectivity index (χ3v) is 3.18. The topological polar surface area (TPSA) is 84.2 Å². The molecule has 7 heteroatoms. The molecule has 0 atom stereocenters. The second-order valence-electron chi connectivity index (χ2n) is 4.79. The van der Waals surface area contributed by atoms with Crippen LogP contribution < -0.4 is 10.9 Å². The lowest BCUT2D eigenvalue weighted by molar-refractivity contribution is 0.0831. The van der Waals surface area contributed by atoms with E-state index in [0.717, 1.165) is 0 Å². The van der Waals surface area contributed by atoms with Gasteiger partial charge in [-0.15, -0.1) is 0 Å². The Hall–Kier alpha value is -3.48. The Kier molecular flexibility index (Phi) is 4.33. The van der Waals surface area contributed by atoms with Crippen LogP contribution in [0.25, 0.3) is 11.3 Å². The molecule has 2 N–H and O–H groups in total. The zero-order valence-corrected chi connectivity index (χ0v) is 12.3. The molecule has 0 aliphatic heterocycles. The lowest BCUT2D eigenvalue weighted by atomic mass is 10.1. The summed E-state index contributed by atoms with van der Waals surface area (Å²) >= 11 is 0. The number of carbonyl (C=O) groups is 2. The summed E-state index contributed by atoms with van der Waals surface area (Å²) in [6.45, 7) is 0. The predicted octanol–water partition coefficient (Wildman–Crippen LogP) is 2.56. The third kappa shape index (κ3) is 3.30. The van der Waals surface area contributed by atoms with Crippen molar-refractivity contribution in [2.24, 2.45) is 0 Å². The van der Waals surface area contributed by atoms with Gasteiger partial charge in [0.15, 0.2) is 5.76 Å². The van der Waals surface area contributed by atoms with E-state index in [-0.39, 0.29) is 17.1 Å². The summed E-state index contributed by atoms with van der Waals surface area (Å²) < 4.78 is 19.0. The van der Waals surface area contributed by atoms with Gasteiger partial charge in [-0.1, -0.05) is 12.1 Å². The maximum absolute atomic E-state index is 13.7. The minimum absolute atomic E-state index is 0.0558. The van der Waals surface area contributed by atoms with Gasteiger partial charge in [0, 0.05) is 12.4 Å². The van der Waals surface area contributed by atoms with E-state index in [0.29, 0.717) is 5.56 Å². The number of hydrazine groups is 1. The molecule has 2 aromatic heterocycles. The highest BCUT2D eigenvalue weighted by atomic mass is 19.1. The minimum Gasteiger partial charge on any atom is -0.451 e. The molecule has 3 aromatic rings. The molecule has 0 bridgehead atoms. The van der Waals surface area contributed by atoms with Crippen LogP contribution in [0, 0.1) is 5.82 Å². The van der Waals surface area contributed by atoms with Crippen molar-refractivity contribution in [2.75, 3.05) is 0 Å². The van der Waals surface area contributed by atoms with Crippen LogP contribution in [0.5, 0.6) is 0 Å². The number of amides is 2. The zero-order chi connectivity index (χ0) is 16.9. The fourth-order valence-corrected chi connectivity index (χ4v) is 2.01. The van der Waals surface area contributed by atoms with Crippen LogP contribution in [-0.4, -0.2) is 16.8 Å². The molecule has 1 aromatic carbocycles. The third-order valence-electron chi connectivity index (χ3n) is 3.18. The summed E-state index contributed by atoms with van der Waals surface area (Å²) in [5, 5.41) is 0. The maximum atomic E-state index is 13.7. The van der Waals surface area contributed by atoms with Gasteiger partial charge in [0.1, 0.15) is 11.6 Å². The molecule has 0 fully saturated rings. The van der Waals surface area contributed by atoms with Crippen molar-refractivity contribution in [1.82, 2.24) is 15.8 Å². The number of carbonyl (C=O) groups excluding carboxylic acids is 2. The van der Waals surface area contributed by atoms with Gasteiger partial charge >= 0.3 is 5.91 Å². The molecule has 0 spiro atoms. The molecule has 0 saturated heterocycles. The number of halogens is 1. The molecule has 0 radical (unpaired) electrons. The van der Waals surface area contributed by atoms with Gasteiger partial charge in [-0.25, -0.2) is 4.39 Å². The van der Waals surface area contributed by atoms with E-state index < -0.39 is 17.6 Å². The van der Waals surface area contributed by atoms with Crippen molar-refractivity contribution in [2.45, 2.75) is 0 Å². The van der Waals surface area contributed by atoms with E-state index in [1.165, 1.54) is 30.6 Å². The Balaban J connectivity index is 1.66. The quantitative estimate of drug-likeness (QED) is 0.725. The number of pyridine rings is 1. The first-order valence-electron chi connectivity index (χ1n) is 7.00. The largest absolute Gasteiger partial charge is 0.451 e. The van der Waals surface area contributed by atoms with E-state index >= 15 is 0 Å². The molecular formula is C17H12FN3O3. The number of furan rings is 1. The van der Waals surface area contributed by atoms with Crippen molar-refractivity contribution in [1.29, 1.82) is 0 Å². The fraction of sp³-hybridized carbons (Fsp3) is 0. The van der Waals surface area contributed by atoms with E-state index in [1.807, 2.05) is 0 Å². The second-order valence-corrected chi connectivity index (χ2v) is 4.79. The Morgan fingerprint density at radius 3 is 2.50 bits per heavy atom. The monoisotopic (exact) mass is 325 g/mol. The van der Waals surface area contributed by atoms with Crippen LogP contribution in [0.2, 0.25) is 0 Å². The highest BCUT2D eigenvalue weighted by Gasteiger charge is 2.15. The molecule has 2 heterocycles. The van der Waals surface area contributed by atoms with Gasteiger partial charge in [-0.3, -0.25) is 25.4 Å². The molecular weight excluding hydrogens is 313 g/mol. The van der Waals surface area contributed by atoms with Gasteiger partial charge in [0.25, 0.3) is 5.91 Å². The predicted molar refractivity (Wildman–Crippen MR) is 83.3 cm³/mol. The smallest absolute Gasteiger partial charge is 0.305 e. The van der Waals surface area contributed by atoms with Gasteiger partial charge < -0.3 is 4.42 Å². The van der Waals surface area contributed by atoms with Crippen LogP contribution in [-0.2, 0) is 0 Å². The Labute approximate surface area is 136 Å². The number of rotatable bonds is 3. The summed E-state index contributed by atoms with van der Waals surface area (Å²) in [6.07, 6.45) is 2.90. The van der Waals surface area contributed by atoms with Gasteiger partial charge in [-0.2, -0.15) is 0 Å². The van der Waals surface area contributed by atoms with Crippen molar-refractivity contribution in [3.63, 3.8) is 0 Å². The average molecular weight is 325 g/mol. The van der Waals surface area contributed by atoms with E-state index in [2.05, 4.69) is 15.8 Å². The molecule has 0 unspecified atom stereocenters. The van der Waals surface area contributed by atoms with E-state index in [1.54, 1.807) is 30.3 Å². The van der Waals surface area contributed by atoms with Crippen molar-refractivity contribution in [3.05, 3.63) is 78.1 Å². The van der Waals surface area contributed by atoms with Gasteiger partial charge in [0.2, 0.25) is 0 Å². The second kappa shape index (κ2) is 6.74. The molecule has 6 nitrogen and oxygen atoms in total. The van der Waals surface area contributed by atoms with Gasteiger partial charge in [0.05, 0.1) is 11.1 Å². The van der Waals surface area contributed by atoms with Crippen molar-refractivity contribution in [3.8, 4) is 11.3 Å². The van der Waals surface area contributed by atoms with Crippen LogP contribution in [0.15, 0.2) is 65.3 Å². The summed E-state index contributed by atoms with van der Waals surface area (Å²) in [6, 6.07) is 12.1. The lowest BCUT2D eigenvalue weighted by Gasteiger charge is -2.05. The first-order valence-corrected chi connectivity index (χ1v) is 7.00. The maximum Gasteiger partial charge on any atom is 0.305 e. The average Bonchev–Trinajstić information content (AvgIpc) is 3.10. The molecule has 2 amide bonds. The number of aromatic nitrogens is 1. The Bertz CT molecular complexity index is 878. The highest BCUT2D eigenvalue weighted by molar-refractivity contribution is 5.97. The molecule has 3 rings (SSSR count). The number of hydrogen-bond acceptors (Lipinski definition) is 4. The molecule has 0 saturated carbocycles. The summed E-state index contributed by atoms with van der Waals surface area (Å²) in [4.78, 5) is 27.6. The molecule has 0 aliphatic carbocycles. The number of hydrogen-bond donors (Lipinski definition) is 2. The van der Waals surface area contributed by atoms with Gasteiger partial charge in [-0.05, 0) is 36.4 Å². The van der Waals surface area contributed by atoms with Crippen molar-refractivity contribution < 1.29 is 18.4 Å². The minimum atomic E-state index is -0.658. The summed E-state index contributed by atoms with van der Waals surface area (Å²) in [5.74, 6) is -1.47. The van der Waals surface area contributed by atoms with E-state index in [9.17, 15) is 14.0 Å². The number of benzene rings is 1. The number of nitrogens with zero attached hydrogens (tertiary/aromatic N) is 1. The van der Waals surface area contributed by atoms with Crippen LogP contribution in [0.3, 0.4) is 0 Å². The standard InChI is InChI=1S/C17H12FN3O3/c18-13-6-2-1-5-12(13)14-7-8-15(24-14)17(23)21-20-16(22)11-4-3-9-19-10-11/h1-10H,(H,20,22)(H,21,23). The normalized spacial score (nSPS) is 10.2. The van der Waals surface area contributed by atoms with Crippen molar-refractivity contribution >= 4 is 11.8 Å². The highest BCUT2D eigenvalue weighted by Crippen LogP contribution is 2.24.